The number of aliphatic hydroxyl groups excluding tert-OH is 1. The van der Waals surface area contributed by atoms with Gasteiger partial charge in [0.2, 0.25) is 0 Å². The number of ether oxygens (including phenoxy) is 5. The summed E-state index contributed by atoms with van der Waals surface area (Å²) in [6, 6.07) is 11.4. The van der Waals surface area contributed by atoms with E-state index >= 15 is 0 Å². The Labute approximate surface area is 183 Å². The van der Waals surface area contributed by atoms with E-state index in [0.29, 0.717) is 35.8 Å². The zero-order chi connectivity index (χ0) is 22.8. The fourth-order valence-electron chi connectivity index (χ4n) is 3.59. The monoisotopic (exact) mass is 432 g/mol. The van der Waals surface area contributed by atoms with E-state index in [1.807, 2.05) is 36.4 Å². The normalized spacial score (nSPS) is 12.6. The van der Waals surface area contributed by atoms with Crippen molar-refractivity contribution >= 4 is 5.97 Å². The van der Waals surface area contributed by atoms with Crippen LogP contribution in [0.3, 0.4) is 0 Å². The van der Waals surface area contributed by atoms with Crippen LogP contribution in [0.2, 0.25) is 0 Å². The Morgan fingerprint density at radius 2 is 1.23 bits per heavy atom. The quantitative estimate of drug-likeness (QED) is 0.515. The maximum Gasteiger partial charge on any atom is 0.302 e. The lowest BCUT2D eigenvalue weighted by molar-refractivity contribution is -0.143. The zero-order valence-corrected chi connectivity index (χ0v) is 18.8. The summed E-state index contributed by atoms with van der Waals surface area (Å²) in [4.78, 5) is 11.5. The summed E-state index contributed by atoms with van der Waals surface area (Å²) in [5, 5.41) is 10.2. The Morgan fingerprint density at radius 3 is 1.61 bits per heavy atom. The molecule has 0 aliphatic carbocycles. The summed E-state index contributed by atoms with van der Waals surface area (Å²) < 4.78 is 26.7. The molecule has 7 heteroatoms. The molecule has 2 aromatic carbocycles. The van der Waals surface area contributed by atoms with Gasteiger partial charge in [0.05, 0.1) is 35.0 Å². The van der Waals surface area contributed by atoms with Crippen LogP contribution < -0.4 is 18.9 Å². The van der Waals surface area contributed by atoms with Crippen LogP contribution in [-0.4, -0.2) is 52.7 Å². The molecule has 2 aromatic rings. The molecule has 0 unspecified atom stereocenters. The largest absolute Gasteiger partial charge is 0.493 e. The number of benzene rings is 2. The number of aliphatic hydroxyl groups is 1. The first-order valence-corrected chi connectivity index (χ1v) is 10.1. The molecule has 0 fully saturated rings. The number of rotatable bonds is 12. The molecule has 0 aliphatic heterocycles. The van der Waals surface area contributed by atoms with Gasteiger partial charge in [0, 0.05) is 19.4 Å². The van der Waals surface area contributed by atoms with Gasteiger partial charge in [0.25, 0.3) is 0 Å². The van der Waals surface area contributed by atoms with Gasteiger partial charge in [-0.2, -0.15) is 0 Å². The first-order chi connectivity index (χ1) is 14.9. The molecule has 0 saturated carbocycles. The SMILES string of the molecule is COc1ccc(C[C@@H](CO)[C@H](COC(C)=O)Cc2ccc(OC)c(OC)c2)cc1OC. The van der Waals surface area contributed by atoms with Gasteiger partial charge in [-0.1, -0.05) is 12.1 Å². The van der Waals surface area contributed by atoms with Crippen LogP contribution in [0.4, 0.5) is 0 Å². The Bertz CT molecular complexity index is 850. The standard InChI is InChI=1S/C24H32O7/c1-16(26)31-15-20(11-18-7-9-22(28-3)24(13-18)30-5)19(14-25)10-17-6-8-21(27-2)23(12-17)29-4/h6-9,12-13,19-20,25H,10-11,14-15H2,1-5H3/t19-,20-/m0/s1. The second kappa shape index (κ2) is 12.1. The Kier molecular flexibility index (Phi) is 9.46. The maximum atomic E-state index is 11.5. The zero-order valence-electron chi connectivity index (χ0n) is 18.8. The van der Waals surface area contributed by atoms with Crippen LogP contribution in [0, 0.1) is 11.8 Å². The summed E-state index contributed by atoms with van der Waals surface area (Å²) in [5.74, 6) is 1.98. The Hall–Kier alpha value is -2.93. The molecular formula is C24H32O7. The number of carbonyl (C=O) groups excluding carboxylic acids is 1. The van der Waals surface area contributed by atoms with Crippen molar-refractivity contribution < 1.29 is 33.6 Å². The summed E-state index contributed by atoms with van der Waals surface area (Å²) in [5.41, 5.74) is 2.00. The predicted octanol–water partition coefficient (Wildman–Crippen LogP) is 3.29. The second-order valence-electron chi connectivity index (χ2n) is 7.29. The van der Waals surface area contributed by atoms with E-state index in [1.165, 1.54) is 6.92 Å². The van der Waals surface area contributed by atoms with Gasteiger partial charge in [-0.3, -0.25) is 4.79 Å². The number of methoxy groups -OCH3 is 4. The minimum Gasteiger partial charge on any atom is -0.493 e. The van der Waals surface area contributed by atoms with Gasteiger partial charge < -0.3 is 28.8 Å². The first kappa shape index (κ1) is 24.3. The van der Waals surface area contributed by atoms with Crippen molar-refractivity contribution in [3.05, 3.63) is 47.5 Å². The molecule has 0 radical (unpaired) electrons. The molecule has 0 saturated heterocycles. The minimum absolute atomic E-state index is 0.0480. The van der Waals surface area contributed by atoms with Crippen LogP contribution in [-0.2, 0) is 22.4 Å². The van der Waals surface area contributed by atoms with Crippen LogP contribution in [0.5, 0.6) is 23.0 Å². The molecule has 2 rings (SSSR count). The average molecular weight is 433 g/mol. The van der Waals surface area contributed by atoms with Gasteiger partial charge in [0.15, 0.2) is 23.0 Å². The molecule has 0 aromatic heterocycles. The Balaban J connectivity index is 2.26. The highest BCUT2D eigenvalue weighted by atomic mass is 16.5. The summed E-state index contributed by atoms with van der Waals surface area (Å²) >= 11 is 0. The Morgan fingerprint density at radius 1 is 0.774 bits per heavy atom. The van der Waals surface area contributed by atoms with Crippen molar-refractivity contribution in [1.29, 1.82) is 0 Å². The fraction of sp³-hybridized carbons (Fsp3) is 0.458. The lowest BCUT2D eigenvalue weighted by atomic mass is 9.83. The third kappa shape index (κ3) is 6.79. The molecular weight excluding hydrogens is 400 g/mol. The first-order valence-electron chi connectivity index (χ1n) is 10.1. The van der Waals surface area contributed by atoms with E-state index in [2.05, 4.69) is 0 Å². The third-order valence-electron chi connectivity index (χ3n) is 5.29. The molecule has 7 nitrogen and oxygen atoms in total. The number of esters is 1. The highest BCUT2D eigenvalue weighted by Crippen LogP contribution is 2.32. The molecule has 1 N–H and O–H groups in total. The van der Waals surface area contributed by atoms with E-state index in [0.717, 1.165) is 11.1 Å². The van der Waals surface area contributed by atoms with Gasteiger partial charge in [-0.05, 0) is 54.2 Å². The third-order valence-corrected chi connectivity index (χ3v) is 5.29. The van der Waals surface area contributed by atoms with Crippen molar-refractivity contribution in [2.24, 2.45) is 11.8 Å². The van der Waals surface area contributed by atoms with Gasteiger partial charge >= 0.3 is 5.97 Å². The molecule has 31 heavy (non-hydrogen) atoms. The average Bonchev–Trinajstić information content (AvgIpc) is 2.79. The van der Waals surface area contributed by atoms with Gasteiger partial charge in [-0.25, -0.2) is 0 Å². The summed E-state index contributed by atoms with van der Waals surface area (Å²) in [6.07, 6.45) is 1.20. The summed E-state index contributed by atoms with van der Waals surface area (Å²) in [7, 11) is 6.36. The van der Waals surface area contributed by atoms with Crippen molar-refractivity contribution in [3.63, 3.8) is 0 Å². The number of hydrogen-bond acceptors (Lipinski definition) is 7. The highest BCUT2D eigenvalue weighted by Gasteiger charge is 2.24. The van der Waals surface area contributed by atoms with E-state index in [4.69, 9.17) is 23.7 Å². The molecule has 0 aliphatic rings. The molecule has 0 heterocycles. The lowest BCUT2D eigenvalue weighted by Crippen LogP contribution is -2.28. The molecule has 0 bridgehead atoms. The number of hydrogen-bond donors (Lipinski definition) is 1. The minimum atomic E-state index is -0.347. The lowest BCUT2D eigenvalue weighted by Gasteiger charge is -2.26. The van der Waals surface area contributed by atoms with Crippen LogP contribution in [0.25, 0.3) is 0 Å². The van der Waals surface area contributed by atoms with E-state index in [9.17, 15) is 9.90 Å². The van der Waals surface area contributed by atoms with Crippen molar-refractivity contribution in [3.8, 4) is 23.0 Å². The number of carbonyl (C=O) groups is 1. The van der Waals surface area contributed by atoms with E-state index in [1.54, 1.807) is 28.4 Å². The van der Waals surface area contributed by atoms with E-state index < -0.39 is 0 Å². The smallest absolute Gasteiger partial charge is 0.302 e. The summed E-state index contributed by atoms with van der Waals surface area (Å²) in [6.45, 7) is 1.55. The second-order valence-corrected chi connectivity index (χ2v) is 7.29. The topological polar surface area (TPSA) is 83.5 Å². The van der Waals surface area contributed by atoms with Crippen molar-refractivity contribution in [1.82, 2.24) is 0 Å². The molecule has 0 amide bonds. The van der Waals surface area contributed by atoms with Crippen LogP contribution >= 0.6 is 0 Å². The molecule has 0 spiro atoms. The van der Waals surface area contributed by atoms with Crippen LogP contribution in [0.1, 0.15) is 18.1 Å². The van der Waals surface area contributed by atoms with E-state index in [-0.39, 0.29) is 31.0 Å². The maximum absolute atomic E-state index is 11.5. The highest BCUT2D eigenvalue weighted by molar-refractivity contribution is 5.65. The van der Waals surface area contributed by atoms with Crippen LogP contribution in [0.15, 0.2) is 36.4 Å². The van der Waals surface area contributed by atoms with Crippen molar-refractivity contribution in [2.75, 3.05) is 41.7 Å². The van der Waals surface area contributed by atoms with Crippen molar-refractivity contribution in [2.45, 2.75) is 19.8 Å². The predicted molar refractivity (Wildman–Crippen MR) is 117 cm³/mol. The fourth-order valence-corrected chi connectivity index (χ4v) is 3.59. The molecule has 2 atom stereocenters. The van der Waals surface area contributed by atoms with Gasteiger partial charge in [0.1, 0.15) is 0 Å². The molecule has 170 valence electrons. The van der Waals surface area contributed by atoms with Gasteiger partial charge in [-0.15, -0.1) is 0 Å².